The Kier molecular flexibility index (Phi) is 5.30. The lowest BCUT2D eigenvalue weighted by Gasteiger charge is -2.23. The molecule has 2 aromatic carbocycles. The molecule has 2 amide bonds. The molecule has 0 bridgehead atoms. The van der Waals surface area contributed by atoms with E-state index in [1.54, 1.807) is 63.6 Å². The third-order valence-electron chi connectivity index (χ3n) is 4.03. The van der Waals surface area contributed by atoms with Crippen LogP contribution in [-0.4, -0.2) is 32.1 Å². The summed E-state index contributed by atoms with van der Waals surface area (Å²) < 4.78 is 16.0. The van der Waals surface area contributed by atoms with Gasteiger partial charge in [0.15, 0.2) is 6.10 Å². The maximum atomic E-state index is 12.2. The van der Waals surface area contributed by atoms with Crippen LogP contribution in [0.15, 0.2) is 42.5 Å². The van der Waals surface area contributed by atoms with E-state index in [0.29, 0.717) is 34.2 Å². The van der Waals surface area contributed by atoms with E-state index in [1.807, 2.05) is 0 Å². The van der Waals surface area contributed by atoms with E-state index in [0.717, 1.165) is 0 Å². The molecule has 7 heteroatoms. The first-order valence-corrected chi connectivity index (χ1v) is 8.33. The molecule has 0 saturated carbocycles. The Bertz CT molecular complexity index is 907. The predicted molar refractivity (Wildman–Crippen MR) is 102 cm³/mol. The molecule has 3 rings (SSSR count). The van der Waals surface area contributed by atoms with Gasteiger partial charge in [-0.15, -0.1) is 0 Å². The number of nitrogens with one attached hydrogen (secondary N) is 2. The normalized spacial score (nSPS) is 15.5. The van der Waals surface area contributed by atoms with E-state index in [2.05, 4.69) is 10.6 Å². The standard InChI is InChI=1S/C20H20N2O5/c1-12-20(24)22-16-11-14(5-7-18(16)27-12)21-19(23)9-4-13-10-15(25-2)6-8-17(13)26-3/h4-12H,1-3H3,(H,21,23)(H,22,24)/b9-4+. The highest BCUT2D eigenvalue weighted by molar-refractivity contribution is 6.03. The molecule has 1 heterocycles. The van der Waals surface area contributed by atoms with Gasteiger partial charge in [0.05, 0.1) is 19.9 Å². The minimum Gasteiger partial charge on any atom is -0.497 e. The lowest BCUT2D eigenvalue weighted by Crippen LogP contribution is -2.34. The van der Waals surface area contributed by atoms with Crippen molar-refractivity contribution in [2.45, 2.75) is 13.0 Å². The van der Waals surface area contributed by atoms with Crippen LogP contribution in [0, 0.1) is 0 Å². The van der Waals surface area contributed by atoms with Gasteiger partial charge in [0.2, 0.25) is 5.91 Å². The van der Waals surface area contributed by atoms with Crippen molar-refractivity contribution in [1.29, 1.82) is 0 Å². The van der Waals surface area contributed by atoms with Crippen LogP contribution in [0.4, 0.5) is 11.4 Å². The van der Waals surface area contributed by atoms with Crippen molar-refractivity contribution in [2.75, 3.05) is 24.9 Å². The summed E-state index contributed by atoms with van der Waals surface area (Å²) in [7, 11) is 3.13. The van der Waals surface area contributed by atoms with E-state index in [4.69, 9.17) is 14.2 Å². The summed E-state index contributed by atoms with van der Waals surface area (Å²) in [5, 5.41) is 5.49. The number of hydrogen-bond acceptors (Lipinski definition) is 5. The first-order valence-electron chi connectivity index (χ1n) is 8.33. The smallest absolute Gasteiger partial charge is 0.265 e. The van der Waals surface area contributed by atoms with Gasteiger partial charge in [-0.2, -0.15) is 0 Å². The Morgan fingerprint density at radius 3 is 2.74 bits per heavy atom. The van der Waals surface area contributed by atoms with Crippen LogP contribution < -0.4 is 24.8 Å². The Labute approximate surface area is 156 Å². The number of methoxy groups -OCH3 is 2. The highest BCUT2D eigenvalue weighted by Gasteiger charge is 2.23. The number of fused-ring (bicyclic) bond motifs is 1. The second kappa shape index (κ2) is 7.82. The van der Waals surface area contributed by atoms with Gasteiger partial charge in [-0.05, 0) is 49.4 Å². The highest BCUT2D eigenvalue weighted by Crippen LogP contribution is 2.32. The van der Waals surface area contributed by atoms with Crippen LogP contribution in [-0.2, 0) is 9.59 Å². The van der Waals surface area contributed by atoms with Crippen molar-refractivity contribution in [3.8, 4) is 17.2 Å². The summed E-state index contributed by atoms with van der Waals surface area (Å²) in [4.78, 5) is 23.9. The van der Waals surface area contributed by atoms with Crippen LogP contribution >= 0.6 is 0 Å². The van der Waals surface area contributed by atoms with E-state index in [1.165, 1.54) is 6.08 Å². The molecule has 0 radical (unpaired) electrons. The number of carbonyl (C=O) groups excluding carboxylic acids is 2. The molecule has 0 saturated heterocycles. The van der Waals surface area contributed by atoms with Gasteiger partial charge in [0.1, 0.15) is 17.2 Å². The molecule has 140 valence electrons. The fourth-order valence-corrected chi connectivity index (χ4v) is 2.61. The molecule has 7 nitrogen and oxygen atoms in total. The average molecular weight is 368 g/mol. The highest BCUT2D eigenvalue weighted by atomic mass is 16.5. The largest absolute Gasteiger partial charge is 0.497 e. The summed E-state index contributed by atoms with van der Waals surface area (Å²) in [5.74, 6) is 1.31. The Hall–Kier alpha value is -3.48. The van der Waals surface area contributed by atoms with Crippen molar-refractivity contribution in [3.63, 3.8) is 0 Å². The van der Waals surface area contributed by atoms with Crippen molar-refractivity contribution in [2.24, 2.45) is 0 Å². The number of carbonyl (C=O) groups is 2. The maximum Gasteiger partial charge on any atom is 0.265 e. The molecule has 0 spiro atoms. The second-order valence-corrected chi connectivity index (χ2v) is 5.89. The zero-order chi connectivity index (χ0) is 19.4. The maximum absolute atomic E-state index is 12.2. The van der Waals surface area contributed by atoms with Gasteiger partial charge < -0.3 is 24.8 Å². The zero-order valence-corrected chi connectivity index (χ0v) is 15.2. The number of benzene rings is 2. The van der Waals surface area contributed by atoms with Crippen LogP contribution in [0.3, 0.4) is 0 Å². The Morgan fingerprint density at radius 2 is 2.00 bits per heavy atom. The summed E-state index contributed by atoms with van der Waals surface area (Å²) in [5.41, 5.74) is 1.78. The average Bonchev–Trinajstić information content (AvgIpc) is 2.67. The van der Waals surface area contributed by atoms with Gasteiger partial charge >= 0.3 is 0 Å². The van der Waals surface area contributed by atoms with Gasteiger partial charge in [0.25, 0.3) is 5.91 Å². The lowest BCUT2D eigenvalue weighted by molar-refractivity contribution is -0.122. The minimum atomic E-state index is -0.543. The van der Waals surface area contributed by atoms with Gasteiger partial charge in [-0.3, -0.25) is 9.59 Å². The van der Waals surface area contributed by atoms with E-state index in [-0.39, 0.29) is 11.8 Å². The molecule has 0 aliphatic carbocycles. The van der Waals surface area contributed by atoms with Crippen LogP contribution in [0.25, 0.3) is 6.08 Å². The minimum absolute atomic E-state index is 0.226. The fourth-order valence-electron chi connectivity index (χ4n) is 2.61. The molecule has 2 aromatic rings. The van der Waals surface area contributed by atoms with E-state index in [9.17, 15) is 9.59 Å². The first-order chi connectivity index (χ1) is 13.0. The van der Waals surface area contributed by atoms with Crippen LogP contribution in [0.1, 0.15) is 12.5 Å². The number of rotatable bonds is 5. The molecule has 1 unspecified atom stereocenters. The number of anilines is 2. The summed E-state index contributed by atoms with van der Waals surface area (Å²) in [6.07, 6.45) is 2.49. The molecular formula is C20H20N2O5. The molecular weight excluding hydrogens is 348 g/mol. The van der Waals surface area contributed by atoms with Crippen molar-refractivity contribution >= 4 is 29.3 Å². The van der Waals surface area contributed by atoms with Gasteiger partial charge in [-0.25, -0.2) is 0 Å². The van der Waals surface area contributed by atoms with Gasteiger partial charge in [-0.1, -0.05) is 0 Å². The SMILES string of the molecule is COc1ccc(OC)c(/C=C/C(=O)Nc2ccc3c(c2)NC(=O)C(C)O3)c1. The Balaban J connectivity index is 1.72. The molecule has 0 aromatic heterocycles. The quantitative estimate of drug-likeness (QED) is 0.792. The number of amides is 2. The first kappa shape index (κ1) is 18.3. The number of hydrogen-bond donors (Lipinski definition) is 2. The molecule has 27 heavy (non-hydrogen) atoms. The van der Waals surface area contributed by atoms with Crippen molar-refractivity contribution < 1.29 is 23.8 Å². The Morgan fingerprint density at radius 1 is 1.19 bits per heavy atom. The third-order valence-corrected chi connectivity index (χ3v) is 4.03. The summed E-state index contributed by atoms with van der Waals surface area (Å²) in [6, 6.07) is 10.4. The number of ether oxygens (including phenoxy) is 3. The zero-order valence-electron chi connectivity index (χ0n) is 15.2. The van der Waals surface area contributed by atoms with Crippen LogP contribution in [0.2, 0.25) is 0 Å². The second-order valence-electron chi connectivity index (χ2n) is 5.89. The fraction of sp³-hybridized carbons (Fsp3) is 0.200. The summed E-state index contributed by atoms with van der Waals surface area (Å²) >= 11 is 0. The van der Waals surface area contributed by atoms with E-state index < -0.39 is 6.10 Å². The van der Waals surface area contributed by atoms with Crippen LogP contribution in [0.5, 0.6) is 17.2 Å². The molecule has 2 N–H and O–H groups in total. The van der Waals surface area contributed by atoms with Gasteiger partial charge in [0, 0.05) is 17.3 Å². The molecule has 1 aliphatic rings. The lowest BCUT2D eigenvalue weighted by atomic mass is 10.1. The third kappa shape index (κ3) is 4.20. The van der Waals surface area contributed by atoms with E-state index >= 15 is 0 Å². The summed E-state index contributed by atoms with van der Waals surface area (Å²) in [6.45, 7) is 1.67. The topological polar surface area (TPSA) is 85.9 Å². The molecule has 0 fully saturated rings. The monoisotopic (exact) mass is 368 g/mol. The predicted octanol–water partition coefficient (Wildman–Crippen LogP) is 3.08. The van der Waals surface area contributed by atoms with Crippen molar-refractivity contribution in [3.05, 3.63) is 48.0 Å². The molecule has 1 aliphatic heterocycles. The molecule has 1 atom stereocenters. The van der Waals surface area contributed by atoms with Crippen molar-refractivity contribution in [1.82, 2.24) is 0 Å².